The molecule has 1 aliphatic carbocycles. The van der Waals surface area contributed by atoms with Crippen LogP contribution in [0.15, 0.2) is 72.8 Å². The van der Waals surface area contributed by atoms with E-state index < -0.39 is 0 Å². The highest BCUT2D eigenvalue weighted by Gasteiger charge is 2.22. The number of fused-ring (bicyclic) bond motifs is 1. The summed E-state index contributed by atoms with van der Waals surface area (Å²) in [4.78, 5) is 4.91. The van der Waals surface area contributed by atoms with Crippen molar-refractivity contribution >= 4 is 21.6 Å². The van der Waals surface area contributed by atoms with Crippen molar-refractivity contribution in [1.29, 1.82) is 0 Å². The van der Waals surface area contributed by atoms with E-state index in [0.717, 1.165) is 41.3 Å². The van der Waals surface area contributed by atoms with Crippen LogP contribution in [0, 0.1) is 0 Å². The van der Waals surface area contributed by atoms with E-state index in [4.69, 9.17) is 14.5 Å². The molecule has 3 aromatic carbocycles. The highest BCUT2D eigenvalue weighted by Crippen LogP contribution is 2.38. The Kier molecular flexibility index (Phi) is 5.90. The Morgan fingerprint density at radius 3 is 2.45 bits per heavy atom. The van der Waals surface area contributed by atoms with E-state index in [0.29, 0.717) is 6.10 Å². The SMILES string of the molecule is COc1ccc(C(Cc2nc3ccccc3s2)c2ccccc2)cc1OC1CCCC1. The van der Waals surface area contributed by atoms with Crippen molar-refractivity contribution in [2.45, 2.75) is 44.1 Å². The molecule has 1 atom stereocenters. The number of benzene rings is 3. The third-order valence-electron chi connectivity index (χ3n) is 6.10. The minimum Gasteiger partial charge on any atom is -0.493 e. The molecule has 158 valence electrons. The van der Waals surface area contributed by atoms with E-state index in [1.54, 1.807) is 18.4 Å². The van der Waals surface area contributed by atoms with E-state index in [1.807, 2.05) is 6.07 Å². The Balaban J connectivity index is 1.51. The molecule has 0 aliphatic heterocycles. The second-order valence-corrected chi connectivity index (χ2v) is 9.29. The number of nitrogens with zero attached hydrogens (tertiary/aromatic N) is 1. The molecule has 1 aliphatic rings. The third kappa shape index (κ3) is 4.45. The van der Waals surface area contributed by atoms with Crippen LogP contribution in [-0.2, 0) is 6.42 Å². The zero-order chi connectivity index (χ0) is 21.0. The van der Waals surface area contributed by atoms with Gasteiger partial charge in [-0.15, -0.1) is 11.3 Å². The van der Waals surface area contributed by atoms with Crippen molar-refractivity contribution in [1.82, 2.24) is 4.98 Å². The van der Waals surface area contributed by atoms with Gasteiger partial charge in [0.25, 0.3) is 0 Å². The summed E-state index contributed by atoms with van der Waals surface area (Å²) in [6.07, 6.45) is 5.90. The first-order valence-corrected chi connectivity index (χ1v) is 11.9. The summed E-state index contributed by atoms with van der Waals surface area (Å²) in [5.74, 6) is 1.87. The van der Waals surface area contributed by atoms with Crippen LogP contribution >= 0.6 is 11.3 Å². The highest BCUT2D eigenvalue weighted by atomic mass is 32.1. The van der Waals surface area contributed by atoms with Gasteiger partial charge in [0.2, 0.25) is 0 Å². The number of rotatable bonds is 7. The van der Waals surface area contributed by atoms with Crippen LogP contribution < -0.4 is 9.47 Å². The zero-order valence-electron chi connectivity index (χ0n) is 17.8. The quantitative estimate of drug-likeness (QED) is 0.317. The van der Waals surface area contributed by atoms with Gasteiger partial charge in [-0.05, 0) is 61.1 Å². The molecule has 1 saturated carbocycles. The van der Waals surface area contributed by atoms with Crippen molar-refractivity contribution in [2.75, 3.05) is 7.11 Å². The highest BCUT2D eigenvalue weighted by molar-refractivity contribution is 7.18. The molecule has 0 bridgehead atoms. The maximum Gasteiger partial charge on any atom is 0.161 e. The molecule has 0 radical (unpaired) electrons. The molecule has 31 heavy (non-hydrogen) atoms. The molecule has 1 fully saturated rings. The van der Waals surface area contributed by atoms with Gasteiger partial charge in [0.15, 0.2) is 11.5 Å². The van der Waals surface area contributed by atoms with Crippen molar-refractivity contribution in [3.63, 3.8) is 0 Å². The zero-order valence-corrected chi connectivity index (χ0v) is 18.6. The van der Waals surface area contributed by atoms with Gasteiger partial charge < -0.3 is 9.47 Å². The average Bonchev–Trinajstić information content (AvgIpc) is 3.47. The van der Waals surface area contributed by atoms with Gasteiger partial charge in [0, 0.05) is 12.3 Å². The number of hydrogen-bond acceptors (Lipinski definition) is 4. The molecule has 1 aromatic heterocycles. The van der Waals surface area contributed by atoms with E-state index in [2.05, 4.69) is 66.7 Å². The first-order valence-electron chi connectivity index (χ1n) is 11.0. The lowest BCUT2D eigenvalue weighted by atomic mass is 9.88. The summed E-state index contributed by atoms with van der Waals surface area (Å²) >= 11 is 1.79. The Hall–Kier alpha value is -2.85. The third-order valence-corrected chi connectivity index (χ3v) is 7.16. The van der Waals surface area contributed by atoms with Gasteiger partial charge >= 0.3 is 0 Å². The van der Waals surface area contributed by atoms with Crippen LogP contribution in [0.1, 0.15) is 47.7 Å². The van der Waals surface area contributed by atoms with Gasteiger partial charge in [0.05, 0.1) is 28.4 Å². The molecule has 0 saturated heterocycles. The van der Waals surface area contributed by atoms with Crippen molar-refractivity contribution in [2.24, 2.45) is 0 Å². The summed E-state index contributed by atoms with van der Waals surface area (Å²) < 4.78 is 13.2. The molecule has 1 heterocycles. The van der Waals surface area contributed by atoms with Crippen molar-refractivity contribution in [3.8, 4) is 11.5 Å². The summed E-state index contributed by atoms with van der Waals surface area (Å²) in [5.41, 5.74) is 3.60. The molecule has 0 N–H and O–H groups in total. The first kappa shape index (κ1) is 20.1. The van der Waals surface area contributed by atoms with E-state index in [-0.39, 0.29) is 5.92 Å². The normalized spacial score (nSPS) is 15.3. The second kappa shape index (κ2) is 9.11. The fraction of sp³-hybridized carbons (Fsp3) is 0.296. The van der Waals surface area contributed by atoms with E-state index in [1.165, 1.54) is 28.7 Å². The van der Waals surface area contributed by atoms with Gasteiger partial charge in [-0.1, -0.05) is 48.5 Å². The van der Waals surface area contributed by atoms with Crippen LogP contribution in [0.5, 0.6) is 11.5 Å². The van der Waals surface area contributed by atoms with E-state index in [9.17, 15) is 0 Å². The first-order chi connectivity index (χ1) is 15.3. The molecule has 4 heteroatoms. The predicted molar refractivity (Wildman–Crippen MR) is 127 cm³/mol. The van der Waals surface area contributed by atoms with E-state index >= 15 is 0 Å². The fourth-order valence-electron chi connectivity index (χ4n) is 4.48. The van der Waals surface area contributed by atoms with Gasteiger partial charge in [-0.25, -0.2) is 4.98 Å². The molecular formula is C27H27NO2S. The number of methoxy groups -OCH3 is 1. The number of para-hydroxylation sites is 1. The summed E-state index contributed by atoms with van der Waals surface area (Å²) in [7, 11) is 1.71. The Morgan fingerprint density at radius 1 is 0.903 bits per heavy atom. The van der Waals surface area contributed by atoms with Crippen molar-refractivity contribution < 1.29 is 9.47 Å². The molecule has 3 nitrogen and oxygen atoms in total. The summed E-state index contributed by atoms with van der Waals surface area (Å²) in [6, 6.07) is 25.5. The number of ether oxygens (including phenoxy) is 2. The van der Waals surface area contributed by atoms with Crippen LogP contribution in [0.25, 0.3) is 10.2 Å². The van der Waals surface area contributed by atoms with Crippen LogP contribution in [0.4, 0.5) is 0 Å². The van der Waals surface area contributed by atoms with Crippen LogP contribution in [-0.4, -0.2) is 18.2 Å². The average molecular weight is 430 g/mol. The lowest BCUT2D eigenvalue weighted by molar-refractivity contribution is 0.200. The Labute approximate surface area is 187 Å². The maximum absolute atomic E-state index is 6.38. The summed E-state index contributed by atoms with van der Waals surface area (Å²) in [5, 5.41) is 1.16. The van der Waals surface area contributed by atoms with Gasteiger partial charge in [-0.2, -0.15) is 0 Å². The monoisotopic (exact) mass is 429 g/mol. The minimum absolute atomic E-state index is 0.207. The number of aromatic nitrogens is 1. The fourth-order valence-corrected chi connectivity index (χ4v) is 5.50. The Morgan fingerprint density at radius 2 is 1.68 bits per heavy atom. The molecule has 1 unspecified atom stereocenters. The molecule has 4 aromatic rings. The predicted octanol–water partition coefficient (Wildman–Crippen LogP) is 7.00. The minimum atomic E-state index is 0.207. The smallest absolute Gasteiger partial charge is 0.161 e. The lowest BCUT2D eigenvalue weighted by Gasteiger charge is -2.21. The standard InChI is InChI=1S/C27H27NO2S/c1-29-24-16-15-20(17-25(24)30-21-11-5-6-12-21)22(19-9-3-2-4-10-19)18-27-28-23-13-7-8-14-26(23)31-27/h2-4,7-10,13-17,21-22H,5-6,11-12,18H2,1H3. The number of hydrogen-bond donors (Lipinski definition) is 0. The molecular weight excluding hydrogens is 402 g/mol. The van der Waals surface area contributed by atoms with Crippen LogP contribution in [0.3, 0.4) is 0 Å². The Bertz CT molecular complexity index is 1120. The maximum atomic E-state index is 6.38. The molecule has 0 spiro atoms. The van der Waals surface area contributed by atoms with Crippen LogP contribution in [0.2, 0.25) is 0 Å². The molecule has 5 rings (SSSR count). The lowest BCUT2D eigenvalue weighted by Crippen LogP contribution is -2.12. The van der Waals surface area contributed by atoms with Gasteiger partial charge in [-0.3, -0.25) is 0 Å². The second-order valence-electron chi connectivity index (χ2n) is 8.18. The van der Waals surface area contributed by atoms with Gasteiger partial charge in [0.1, 0.15) is 0 Å². The van der Waals surface area contributed by atoms with Crippen molar-refractivity contribution in [3.05, 3.63) is 88.9 Å². The topological polar surface area (TPSA) is 31.4 Å². The number of thiazole rings is 1. The largest absolute Gasteiger partial charge is 0.493 e. The summed E-state index contributed by atoms with van der Waals surface area (Å²) in [6.45, 7) is 0. The molecule has 0 amide bonds.